The molecule has 1 amide bonds. The maximum absolute atomic E-state index is 10.5. The van der Waals surface area contributed by atoms with Crippen LogP contribution in [0.3, 0.4) is 0 Å². The Kier molecular flexibility index (Phi) is 4.35. The van der Waals surface area contributed by atoms with Gasteiger partial charge < -0.3 is 10.2 Å². The highest BCUT2D eigenvalue weighted by Crippen LogP contribution is 2.13. The normalized spacial score (nSPS) is 20.8. The largest absolute Gasteiger partial charge is 0.394 e. The van der Waals surface area contributed by atoms with Crippen LogP contribution in [0.15, 0.2) is 30.3 Å². The van der Waals surface area contributed by atoms with Crippen molar-refractivity contribution < 1.29 is 9.63 Å². The van der Waals surface area contributed by atoms with Crippen LogP contribution in [-0.2, 0) is 4.79 Å². The number of hydrazine groups is 1. The van der Waals surface area contributed by atoms with Gasteiger partial charge >= 0.3 is 0 Å². The van der Waals surface area contributed by atoms with Crippen molar-refractivity contribution in [1.82, 2.24) is 15.9 Å². The van der Waals surface area contributed by atoms with E-state index in [1.54, 1.807) is 0 Å². The fourth-order valence-corrected chi connectivity index (χ4v) is 1.89. The summed E-state index contributed by atoms with van der Waals surface area (Å²) in [7, 11) is 0. The fraction of sp³-hybridized carbons (Fsp3) is 0.417. The van der Waals surface area contributed by atoms with Crippen LogP contribution in [0.2, 0.25) is 0 Å². The number of carbonyl (C=O) groups excluding carboxylic acids is 1. The fourth-order valence-electron chi connectivity index (χ4n) is 1.89. The van der Waals surface area contributed by atoms with Gasteiger partial charge in [-0.3, -0.25) is 4.79 Å². The monoisotopic (exact) mass is 235 g/mol. The number of carbonyl (C=O) groups is 1. The van der Waals surface area contributed by atoms with E-state index in [1.807, 2.05) is 35.3 Å². The van der Waals surface area contributed by atoms with Gasteiger partial charge in [0.1, 0.15) is 5.75 Å². The number of nitrogens with one attached hydrogen (secondary N) is 2. The molecule has 5 nitrogen and oxygen atoms in total. The van der Waals surface area contributed by atoms with Crippen molar-refractivity contribution in [3.63, 3.8) is 0 Å². The highest BCUT2D eigenvalue weighted by atomic mass is 16.7. The first-order valence-corrected chi connectivity index (χ1v) is 5.84. The summed E-state index contributed by atoms with van der Waals surface area (Å²) in [6.45, 7) is 0.859. The minimum absolute atomic E-state index is 0.00459. The molecule has 2 N–H and O–H groups in total. The summed E-state index contributed by atoms with van der Waals surface area (Å²) in [5.74, 6) is 0.753. The molecule has 2 rings (SSSR count). The number of hydrogen-bond donors (Lipinski definition) is 2. The Labute approximate surface area is 101 Å². The average molecular weight is 235 g/mol. The summed E-state index contributed by atoms with van der Waals surface area (Å²) in [5, 5.41) is 4.68. The first-order valence-electron chi connectivity index (χ1n) is 5.84. The van der Waals surface area contributed by atoms with Gasteiger partial charge in [0.25, 0.3) is 0 Å². The SMILES string of the molecule is O=CN[C@H]1CCCCN1NOc1ccccc1. The Hall–Kier alpha value is -1.59. The topological polar surface area (TPSA) is 53.6 Å². The highest BCUT2D eigenvalue weighted by molar-refractivity contribution is 5.46. The molecule has 0 spiro atoms. The zero-order valence-electron chi connectivity index (χ0n) is 9.63. The summed E-state index contributed by atoms with van der Waals surface area (Å²) in [5.41, 5.74) is 2.88. The molecule has 1 fully saturated rings. The van der Waals surface area contributed by atoms with E-state index in [1.165, 1.54) is 0 Å². The summed E-state index contributed by atoms with van der Waals surface area (Å²) in [6, 6.07) is 9.51. The third-order valence-corrected chi connectivity index (χ3v) is 2.79. The number of hydrogen-bond acceptors (Lipinski definition) is 4. The van der Waals surface area contributed by atoms with Gasteiger partial charge in [0.2, 0.25) is 6.41 Å². The van der Waals surface area contributed by atoms with Crippen LogP contribution in [0.1, 0.15) is 19.3 Å². The minimum Gasteiger partial charge on any atom is -0.394 e. The van der Waals surface area contributed by atoms with Crippen molar-refractivity contribution in [3.05, 3.63) is 30.3 Å². The molecular formula is C12H17N3O2. The van der Waals surface area contributed by atoms with Crippen molar-refractivity contribution in [1.29, 1.82) is 0 Å². The van der Waals surface area contributed by atoms with Gasteiger partial charge in [-0.15, -0.1) is 0 Å². The first kappa shape index (κ1) is 11.9. The Morgan fingerprint density at radius 2 is 2.12 bits per heavy atom. The maximum atomic E-state index is 10.5. The molecule has 17 heavy (non-hydrogen) atoms. The zero-order valence-corrected chi connectivity index (χ0v) is 9.63. The average Bonchev–Trinajstić information content (AvgIpc) is 2.39. The van der Waals surface area contributed by atoms with Crippen LogP contribution in [0.5, 0.6) is 5.75 Å². The van der Waals surface area contributed by atoms with E-state index in [-0.39, 0.29) is 6.17 Å². The van der Waals surface area contributed by atoms with E-state index in [0.717, 1.165) is 38.0 Å². The molecule has 1 aromatic carbocycles. The number of para-hydroxylation sites is 1. The van der Waals surface area contributed by atoms with Crippen LogP contribution in [-0.4, -0.2) is 24.1 Å². The summed E-state index contributed by atoms with van der Waals surface area (Å²) in [4.78, 5) is 15.9. The van der Waals surface area contributed by atoms with Gasteiger partial charge in [-0.25, -0.2) is 0 Å². The molecule has 5 heteroatoms. The predicted octanol–water partition coefficient (Wildman–Crippen LogP) is 1.04. The number of nitrogens with zero attached hydrogens (tertiary/aromatic N) is 1. The lowest BCUT2D eigenvalue weighted by Gasteiger charge is -2.34. The van der Waals surface area contributed by atoms with Gasteiger partial charge in [-0.2, -0.15) is 5.01 Å². The molecule has 0 saturated carbocycles. The predicted molar refractivity (Wildman–Crippen MR) is 63.8 cm³/mol. The van der Waals surface area contributed by atoms with Gasteiger partial charge in [-0.05, 0) is 31.4 Å². The quantitative estimate of drug-likeness (QED) is 0.591. The number of piperidine rings is 1. The van der Waals surface area contributed by atoms with Gasteiger partial charge in [0.05, 0.1) is 6.17 Å². The molecule has 1 atom stereocenters. The van der Waals surface area contributed by atoms with Gasteiger partial charge in [0, 0.05) is 6.54 Å². The van der Waals surface area contributed by atoms with Crippen LogP contribution < -0.4 is 15.7 Å². The lowest BCUT2D eigenvalue weighted by atomic mass is 10.1. The molecule has 1 heterocycles. The molecule has 1 aromatic rings. The minimum atomic E-state index is 0.00459. The second-order valence-corrected chi connectivity index (χ2v) is 4.00. The smallest absolute Gasteiger partial charge is 0.208 e. The van der Waals surface area contributed by atoms with Crippen LogP contribution in [0, 0.1) is 0 Å². The second-order valence-electron chi connectivity index (χ2n) is 4.00. The molecule has 0 unspecified atom stereocenters. The number of amides is 1. The standard InChI is InChI=1S/C12H17N3O2/c16-10-13-12-8-4-5-9-15(12)14-17-11-6-2-1-3-7-11/h1-3,6-7,10,12,14H,4-5,8-9H2,(H,13,16)/t12-/m1/s1. The molecule has 92 valence electrons. The lowest BCUT2D eigenvalue weighted by molar-refractivity contribution is -0.115. The van der Waals surface area contributed by atoms with E-state index in [9.17, 15) is 4.79 Å². The second kappa shape index (κ2) is 6.22. The summed E-state index contributed by atoms with van der Waals surface area (Å²) in [6.07, 6.45) is 3.89. The molecule has 0 aromatic heterocycles. The Morgan fingerprint density at radius 1 is 1.29 bits per heavy atom. The van der Waals surface area contributed by atoms with E-state index < -0.39 is 0 Å². The zero-order chi connectivity index (χ0) is 11.9. The lowest BCUT2D eigenvalue weighted by Crippen LogP contribution is -2.55. The van der Waals surface area contributed by atoms with Crippen molar-refractivity contribution >= 4 is 6.41 Å². The number of benzene rings is 1. The third kappa shape index (κ3) is 3.44. The van der Waals surface area contributed by atoms with E-state index in [0.29, 0.717) is 0 Å². The Bertz CT molecular complexity index is 345. The van der Waals surface area contributed by atoms with Crippen molar-refractivity contribution in [2.75, 3.05) is 6.54 Å². The Morgan fingerprint density at radius 3 is 2.88 bits per heavy atom. The first-order chi connectivity index (χ1) is 8.40. The molecule has 0 aliphatic carbocycles. The molecule has 1 aliphatic rings. The highest BCUT2D eigenvalue weighted by Gasteiger charge is 2.21. The van der Waals surface area contributed by atoms with E-state index in [2.05, 4.69) is 10.9 Å². The van der Waals surface area contributed by atoms with Crippen molar-refractivity contribution in [2.24, 2.45) is 0 Å². The summed E-state index contributed by atoms with van der Waals surface area (Å²) >= 11 is 0. The van der Waals surface area contributed by atoms with E-state index in [4.69, 9.17) is 4.84 Å². The molecular weight excluding hydrogens is 218 g/mol. The molecule has 1 aliphatic heterocycles. The number of rotatable bonds is 5. The van der Waals surface area contributed by atoms with Crippen molar-refractivity contribution in [3.8, 4) is 5.75 Å². The van der Waals surface area contributed by atoms with Gasteiger partial charge in [-0.1, -0.05) is 23.8 Å². The van der Waals surface area contributed by atoms with Crippen LogP contribution in [0.4, 0.5) is 0 Å². The molecule has 1 saturated heterocycles. The maximum Gasteiger partial charge on any atom is 0.208 e. The van der Waals surface area contributed by atoms with Crippen LogP contribution in [0.25, 0.3) is 0 Å². The van der Waals surface area contributed by atoms with Crippen molar-refractivity contribution in [2.45, 2.75) is 25.4 Å². The molecule has 0 bridgehead atoms. The van der Waals surface area contributed by atoms with E-state index >= 15 is 0 Å². The third-order valence-electron chi connectivity index (χ3n) is 2.79. The van der Waals surface area contributed by atoms with Crippen LogP contribution >= 0.6 is 0 Å². The summed E-state index contributed by atoms with van der Waals surface area (Å²) < 4.78 is 0. The Balaban J connectivity index is 1.86. The van der Waals surface area contributed by atoms with Gasteiger partial charge in [0.15, 0.2) is 0 Å². The molecule has 0 radical (unpaired) electrons.